The van der Waals surface area contributed by atoms with Gasteiger partial charge in [0.15, 0.2) is 4.87 Å². The zero-order chi connectivity index (χ0) is 9.19. The normalized spacial score (nSPS) is 33.7. The first-order valence-electron chi connectivity index (χ1n) is 3.46. The van der Waals surface area contributed by atoms with Crippen LogP contribution in [0.2, 0.25) is 0 Å². The maximum absolute atomic E-state index is 9.45. The fourth-order valence-corrected chi connectivity index (χ4v) is 1.54. The van der Waals surface area contributed by atoms with Crippen LogP contribution in [0.25, 0.3) is 0 Å². The first kappa shape index (κ1) is 9.67. The Hall–Kier alpha value is -0.420. The number of alkyl halides is 1. The van der Waals surface area contributed by atoms with Crippen LogP contribution in [0, 0.1) is 11.8 Å². The van der Waals surface area contributed by atoms with E-state index in [2.05, 4.69) is 11.8 Å². The van der Waals surface area contributed by atoms with Gasteiger partial charge in [-0.15, -0.1) is 5.92 Å². The predicted octanol–water partition coefficient (Wildman–Crippen LogP) is 2.04. The van der Waals surface area contributed by atoms with Crippen molar-refractivity contribution in [2.45, 2.75) is 17.9 Å². The first-order valence-corrected chi connectivity index (χ1v) is 4.21. The van der Waals surface area contributed by atoms with Crippen LogP contribution in [0.15, 0.2) is 23.3 Å². The van der Waals surface area contributed by atoms with E-state index in [4.69, 9.17) is 23.2 Å². The fourth-order valence-electron chi connectivity index (χ4n) is 0.959. The summed E-state index contributed by atoms with van der Waals surface area (Å²) in [4.78, 5) is -1.05. The number of aliphatic hydroxyl groups is 1. The topological polar surface area (TPSA) is 20.2 Å². The molecular formula is C9H8Cl2O. The fraction of sp³-hybridized carbons (Fsp3) is 0.333. The minimum absolute atomic E-state index is 0.498. The average molecular weight is 203 g/mol. The largest absolute Gasteiger partial charge is 0.386 e. The third-order valence-corrected chi connectivity index (χ3v) is 2.19. The highest BCUT2D eigenvalue weighted by Gasteiger charge is 2.32. The number of allylic oxidation sites excluding steroid dienone is 2. The van der Waals surface area contributed by atoms with Crippen LogP contribution in [0.1, 0.15) is 6.92 Å². The Bertz CT molecular complexity index is 295. The molecule has 0 saturated carbocycles. The van der Waals surface area contributed by atoms with Gasteiger partial charge in [0, 0.05) is 5.03 Å². The molecule has 0 unspecified atom stereocenters. The zero-order valence-corrected chi connectivity index (χ0v) is 8.02. The van der Waals surface area contributed by atoms with Crippen molar-refractivity contribution in [3.05, 3.63) is 23.3 Å². The molecule has 12 heavy (non-hydrogen) atoms. The second kappa shape index (κ2) is 3.53. The van der Waals surface area contributed by atoms with Gasteiger partial charge in [-0.3, -0.25) is 0 Å². The highest BCUT2D eigenvalue weighted by Crippen LogP contribution is 2.29. The van der Waals surface area contributed by atoms with Crippen LogP contribution in [0.5, 0.6) is 0 Å². The van der Waals surface area contributed by atoms with Gasteiger partial charge in [0.25, 0.3) is 0 Å². The first-order chi connectivity index (χ1) is 5.58. The Morgan fingerprint density at radius 1 is 1.67 bits per heavy atom. The second-order valence-corrected chi connectivity index (χ2v) is 3.54. The number of rotatable bonds is 0. The van der Waals surface area contributed by atoms with Crippen molar-refractivity contribution in [1.82, 2.24) is 0 Å². The molecule has 1 N–H and O–H groups in total. The summed E-state index contributed by atoms with van der Waals surface area (Å²) in [7, 11) is 0. The molecule has 1 aliphatic rings. The highest BCUT2D eigenvalue weighted by atomic mass is 35.5. The van der Waals surface area contributed by atoms with E-state index in [0.29, 0.717) is 5.03 Å². The van der Waals surface area contributed by atoms with E-state index in [0.717, 1.165) is 0 Å². The summed E-state index contributed by atoms with van der Waals surface area (Å²) < 4.78 is 0. The van der Waals surface area contributed by atoms with Crippen molar-refractivity contribution in [3.63, 3.8) is 0 Å². The maximum Gasteiger partial charge on any atom is 0.154 e. The van der Waals surface area contributed by atoms with Gasteiger partial charge < -0.3 is 5.11 Å². The van der Waals surface area contributed by atoms with E-state index >= 15 is 0 Å². The van der Waals surface area contributed by atoms with Crippen molar-refractivity contribution in [3.8, 4) is 11.8 Å². The quantitative estimate of drug-likeness (QED) is 0.471. The van der Waals surface area contributed by atoms with Crippen LogP contribution in [-0.2, 0) is 0 Å². The molecule has 3 heteroatoms. The van der Waals surface area contributed by atoms with Gasteiger partial charge in [0.1, 0.15) is 6.10 Å². The van der Waals surface area contributed by atoms with Crippen molar-refractivity contribution in [2.75, 3.05) is 0 Å². The lowest BCUT2D eigenvalue weighted by Gasteiger charge is -2.24. The Labute approximate surface area is 81.7 Å². The molecule has 0 fully saturated rings. The summed E-state index contributed by atoms with van der Waals surface area (Å²) >= 11 is 11.7. The molecule has 0 heterocycles. The molecule has 0 aliphatic heterocycles. The zero-order valence-electron chi connectivity index (χ0n) is 6.51. The Kier molecular flexibility index (Phi) is 2.85. The molecule has 1 nitrogen and oxygen atoms in total. The highest BCUT2D eigenvalue weighted by molar-refractivity contribution is 6.34. The van der Waals surface area contributed by atoms with Crippen molar-refractivity contribution >= 4 is 23.2 Å². The van der Waals surface area contributed by atoms with E-state index in [1.54, 1.807) is 13.0 Å². The van der Waals surface area contributed by atoms with Crippen molar-refractivity contribution in [1.29, 1.82) is 0 Å². The molecule has 2 atom stereocenters. The number of hydrogen-bond donors (Lipinski definition) is 1. The van der Waals surface area contributed by atoms with Crippen molar-refractivity contribution < 1.29 is 5.11 Å². The summed E-state index contributed by atoms with van der Waals surface area (Å²) in [5.41, 5.74) is 0. The lowest BCUT2D eigenvalue weighted by Crippen LogP contribution is -2.33. The van der Waals surface area contributed by atoms with Gasteiger partial charge in [0.05, 0.1) is 0 Å². The third kappa shape index (κ3) is 1.84. The van der Waals surface area contributed by atoms with Gasteiger partial charge in [-0.2, -0.15) is 0 Å². The Morgan fingerprint density at radius 2 is 2.33 bits per heavy atom. The molecule has 0 bridgehead atoms. The summed E-state index contributed by atoms with van der Waals surface area (Å²) in [5, 5.41) is 9.95. The van der Waals surface area contributed by atoms with E-state index in [9.17, 15) is 5.11 Å². The van der Waals surface area contributed by atoms with Crippen LogP contribution in [-0.4, -0.2) is 16.1 Å². The molecule has 1 aliphatic carbocycles. The van der Waals surface area contributed by atoms with Gasteiger partial charge >= 0.3 is 0 Å². The molecule has 0 amide bonds. The SMILES string of the molecule is CC#C[C@]1(Cl)C=C(Cl)C=C[C@@H]1O. The smallest absolute Gasteiger partial charge is 0.154 e. The minimum atomic E-state index is -1.05. The third-order valence-electron chi connectivity index (χ3n) is 1.53. The van der Waals surface area contributed by atoms with E-state index < -0.39 is 11.0 Å². The van der Waals surface area contributed by atoms with Crippen LogP contribution in [0.4, 0.5) is 0 Å². The molecule has 0 aromatic heterocycles. The number of hydrogen-bond acceptors (Lipinski definition) is 1. The monoisotopic (exact) mass is 202 g/mol. The van der Waals surface area contributed by atoms with Crippen LogP contribution in [0.3, 0.4) is 0 Å². The number of halogens is 2. The van der Waals surface area contributed by atoms with Crippen LogP contribution >= 0.6 is 23.2 Å². The molecular weight excluding hydrogens is 195 g/mol. The van der Waals surface area contributed by atoms with Gasteiger partial charge in [-0.1, -0.05) is 35.2 Å². The molecule has 64 valence electrons. The minimum Gasteiger partial charge on any atom is -0.386 e. The molecule has 1 rings (SSSR count). The molecule has 0 spiro atoms. The Morgan fingerprint density at radius 3 is 2.92 bits per heavy atom. The Balaban J connectivity index is 3.02. The van der Waals surface area contributed by atoms with Crippen LogP contribution < -0.4 is 0 Å². The molecule has 0 aromatic rings. The molecule has 0 aromatic carbocycles. The maximum atomic E-state index is 9.45. The summed E-state index contributed by atoms with van der Waals surface area (Å²) in [6.07, 6.45) is 3.87. The average Bonchev–Trinajstić information content (AvgIpc) is 1.98. The summed E-state index contributed by atoms with van der Waals surface area (Å²) in [6.45, 7) is 1.66. The standard InChI is InChI=1S/C9H8Cl2O/c1-2-5-9(11)6-7(10)3-4-8(9)12/h3-4,6,8,12H,1H3/t8-,9-/m0/s1. The number of aliphatic hydroxyl groups excluding tert-OH is 1. The summed E-state index contributed by atoms with van der Waals surface area (Å²) in [6, 6.07) is 0. The van der Waals surface area contributed by atoms with E-state index in [1.165, 1.54) is 12.2 Å². The molecule has 0 radical (unpaired) electrons. The van der Waals surface area contributed by atoms with Gasteiger partial charge in [-0.25, -0.2) is 0 Å². The van der Waals surface area contributed by atoms with E-state index in [-0.39, 0.29) is 0 Å². The van der Waals surface area contributed by atoms with Gasteiger partial charge in [0.2, 0.25) is 0 Å². The summed E-state index contributed by atoms with van der Waals surface area (Å²) in [5.74, 6) is 5.34. The lowest BCUT2D eigenvalue weighted by atomic mass is 9.97. The van der Waals surface area contributed by atoms with E-state index in [1.807, 2.05) is 0 Å². The molecule has 0 saturated heterocycles. The second-order valence-electron chi connectivity index (χ2n) is 2.48. The van der Waals surface area contributed by atoms with Crippen molar-refractivity contribution in [2.24, 2.45) is 0 Å². The lowest BCUT2D eigenvalue weighted by molar-refractivity contribution is 0.209. The predicted molar refractivity (Wildman–Crippen MR) is 51.1 cm³/mol. The van der Waals surface area contributed by atoms with Gasteiger partial charge in [-0.05, 0) is 19.1 Å².